The van der Waals surface area contributed by atoms with Crippen molar-refractivity contribution < 1.29 is 47.7 Å². The molecule has 49 heavy (non-hydrogen) atoms. The molecule has 2 atom stereocenters. The maximum atomic E-state index is 12.8. The van der Waals surface area contributed by atoms with Crippen molar-refractivity contribution in [1.82, 2.24) is 20.9 Å². The molecule has 5 amide bonds. The lowest BCUT2D eigenvalue weighted by atomic mass is 10.0. The van der Waals surface area contributed by atoms with Crippen LogP contribution in [0.15, 0.2) is 65.7 Å². The first kappa shape index (κ1) is 38.1. The van der Waals surface area contributed by atoms with Gasteiger partial charge in [-0.3, -0.25) is 15.6 Å². The van der Waals surface area contributed by atoms with Gasteiger partial charge < -0.3 is 29.0 Å². The van der Waals surface area contributed by atoms with Gasteiger partial charge in [-0.15, -0.1) is 0 Å². The molecule has 2 aromatic carbocycles. The summed E-state index contributed by atoms with van der Waals surface area (Å²) >= 11 is 0. The predicted molar refractivity (Wildman–Crippen MR) is 177 cm³/mol. The number of ether oxygens (including phenoxy) is 5. The third kappa shape index (κ3) is 14.5. The lowest BCUT2D eigenvalue weighted by Crippen LogP contribution is -2.47. The molecule has 1 heterocycles. The molecule has 0 radical (unpaired) electrons. The third-order valence-electron chi connectivity index (χ3n) is 6.44. The van der Waals surface area contributed by atoms with Crippen LogP contribution in [0.4, 0.5) is 24.0 Å². The summed E-state index contributed by atoms with van der Waals surface area (Å²) in [7, 11) is 0. The average Bonchev–Trinajstić information content (AvgIpc) is 3.37. The van der Waals surface area contributed by atoms with Crippen LogP contribution in [0.2, 0.25) is 0 Å². The highest BCUT2D eigenvalue weighted by Crippen LogP contribution is 2.22. The molecule has 3 N–H and O–H groups in total. The van der Waals surface area contributed by atoms with Gasteiger partial charge in [-0.1, -0.05) is 60.7 Å². The van der Waals surface area contributed by atoms with Gasteiger partial charge in [0.1, 0.15) is 31.0 Å². The average molecular weight is 684 g/mol. The second-order valence-corrected chi connectivity index (χ2v) is 13.1. The Morgan fingerprint density at radius 2 is 1.33 bits per heavy atom. The van der Waals surface area contributed by atoms with E-state index >= 15 is 0 Å². The van der Waals surface area contributed by atoms with Crippen molar-refractivity contribution in [3.05, 3.63) is 71.8 Å². The number of cyclic esters (lactones) is 1. The van der Waals surface area contributed by atoms with E-state index in [-0.39, 0.29) is 45.2 Å². The number of nitrogens with zero attached hydrogens (tertiary/aromatic N) is 2. The van der Waals surface area contributed by atoms with E-state index in [4.69, 9.17) is 23.7 Å². The van der Waals surface area contributed by atoms with E-state index in [0.717, 1.165) is 16.0 Å². The number of nitrogens with one attached hydrogen (secondary N) is 3. The van der Waals surface area contributed by atoms with Gasteiger partial charge in [0.2, 0.25) is 5.96 Å². The molecule has 0 bridgehead atoms. The number of guanidine groups is 1. The van der Waals surface area contributed by atoms with Crippen molar-refractivity contribution in [3.63, 3.8) is 0 Å². The van der Waals surface area contributed by atoms with E-state index in [9.17, 15) is 24.0 Å². The Morgan fingerprint density at radius 1 is 0.816 bits per heavy atom. The van der Waals surface area contributed by atoms with Crippen LogP contribution in [0.3, 0.4) is 0 Å². The molecule has 1 saturated heterocycles. The van der Waals surface area contributed by atoms with Gasteiger partial charge in [0.05, 0.1) is 6.04 Å². The lowest BCUT2D eigenvalue weighted by Gasteiger charge is -2.28. The topological polar surface area (TPSA) is 183 Å². The molecule has 1 aliphatic rings. The molecule has 0 saturated carbocycles. The van der Waals surface area contributed by atoms with Crippen molar-refractivity contribution >= 4 is 36.4 Å². The van der Waals surface area contributed by atoms with E-state index in [1.165, 1.54) is 0 Å². The largest absolute Gasteiger partial charge is 0.447 e. The van der Waals surface area contributed by atoms with E-state index in [1.807, 2.05) is 12.1 Å². The molecule has 3 rings (SSSR count). The number of carbonyl (C=O) groups is 5. The number of hydrogen-bond acceptors (Lipinski definition) is 11. The van der Waals surface area contributed by atoms with Crippen molar-refractivity contribution in [2.75, 3.05) is 13.2 Å². The molecule has 15 heteroatoms. The van der Waals surface area contributed by atoms with Gasteiger partial charge in [0, 0.05) is 12.6 Å². The first-order valence-corrected chi connectivity index (χ1v) is 15.8. The highest BCUT2D eigenvalue weighted by molar-refractivity contribution is 6.01. The fraction of sp³-hybridized carbons (Fsp3) is 0.471. The van der Waals surface area contributed by atoms with Gasteiger partial charge in [-0.2, -0.15) is 0 Å². The predicted octanol–water partition coefficient (Wildman–Crippen LogP) is 5.62. The van der Waals surface area contributed by atoms with E-state index in [2.05, 4.69) is 20.9 Å². The number of benzene rings is 2. The Bertz CT molecular complexity index is 1400. The van der Waals surface area contributed by atoms with Gasteiger partial charge in [-0.05, 0) is 65.5 Å². The SMILES string of the molecule is CC(C)(C)OC(=O)N[C@H](CCN=C(NC(=O)OCc1ccccc1)NC(=O)OCc1ccccc1)C[C@H]1COC(=O)N1C(=O)OC(C)(C)C. The molecule has 1 aliphatic heterocycles. The normalized spacial score (nSPS) is 14.9. The first-order valence-electron chi connectivity index (χ1n) is 15.8. The van der Waals surface area contributed by atoms with Crippen LogP contribution < -0.4 is 16.0 Å². The van der Waals surface area contributed by atoms with Gasteiger partial charge in [0.25, 0.3) is 0 Å². The molecule has 0 spiro atoms. The summed E-state index contributed by atoms with van der Waals surface area (Å²) in [4.78, 5) is 68.5. The van der Waals surface area contributed by atoms with E-state index in [0.29, 0.717) is 0 Å². The summed E-state index contributed by atoms with van der Waals surface area (Å²) in [6.45, 7) is 9.88. The number of imide groups is 1. The molecule has 2 aromatic rings. The number of aliphatic imine (C=N–C) groups is 1. The first-order chi connectivity index (χ1) is 23.1. The van der Waals surface area contributed by atoms with E-state index < -0.39 is 53.8 Å². The number of alkyl carbamates (subject to hydrolysis) is 3. The van der Waals surface area contributed by atoms with Crippen LogP contribution in [0.5, 0.6) is 0 Å². The minimum absolute atomic E-state index is 0.0311. The monoisotopic (exact) mass is 683 g/mol. The minimum atomic E-state index is -0.885. The van der Waals surface area contributed by atoms with Crippen LogP contribution in [-0.4, -0.2) is 77.8 Å². The Morgan fingerprint density at radius 3 is 1.82 bits per heavy atom. The summed E-state index contributed by atoms with van der Waals surface area (Å²) < 4.78 is 26.5. The Balaban J connectivity index is 1.74. The van der Waals surface area contributed by atoms with E-state index in [1.54, 1.807) is 90.1 Å². The van der Waals surface area contributed by atoms with Crippen LogP contribution in [-0.2, 0) is 36.9 Å². The number of amides is 5. The number of carbonyl (C=O) groups excluding carboxylic acids is 5. The second-order valence-electron chi connectivity index (χ2n) is 13.1. The fourth-order valence-corrected chi connectivity index (χ4v) is 4.37. The van der Waals surface area contributed by atoms with Crippen LogP contribution in [0.1, 0.15) is 65.5 Å². The Hall–Kier alpha value is -5.34. The zero-order valence-corrected chi connectivity index (χ0v) is 28.6. The lowest BCUT2D eigenvalue weighted by molar-refractivity contribution is 0.0280. The van der Waals surface area contributed by atoms with Gasteiger partial charge in [-0.25, -0.2) is 28.9 Å². The second kappa shape index (κ2) is 17.7. The summed E-state index contributed by atoms with van der Waals surface area (Å²) in [6.07, 6.45) is -4.07. The molecular formula is C34H45N5O10. The van der Waals surface area contributed by atoms with Crippen LogP contribution in [0, 0.1) is 0 Å². The van der Waals surface area contributed by atoms with Crippen LogP contribution >= 0.6 is 0 Å². The molecule has 0 aromatic heterocycles. The maximum absolute atomic E-state index is 12.8. The van der Waals surface area contributed by atoms with Gasteiger partial charge >= 0.3 is 30.5 Å². The van der Waals surface area contributed by atoms with Crippen LogP contribution in [0.25, 0.3) is 0 Å². The molecular weight excluding hydrogens is 638 g/mol. The quantitative estimate of drug-likeness (QED) is 0.161. The van der Waals surface area contributed by atoms with Crippen molar-refractivity contribution in [2.45, 2.75) is 90.9 Å². The molecule has 0 unspecified atom stereocenters. The summed E-state index contributed by atoms with van der Waals surface area (Å²) in [5.41, 5.74) is -0.175. The van der Waals surface area contributed by atoms with Crippen molar-refractivity contribution in [1.29, 1.82) is 0 Å². The fourth-order valence-electron chi connectivity index (χ4n) is 4.37. The molecule has 0 aliphatic carbocycles. The Kier molecular flexibility index (Phi) is 13.8. The maximum Gasteiger partial charge on any atom is 0.420 e. The Labute approximate surface area is 285 Å². The summed E-state index contributed by atoms with van der Waals surface area (Å²) in [5.74, 6) is -0.262. The zero-order chi connectivity index (χ0) is 36.0. The molecule has 266 valence electrons. The number of hydrogen-bond donors (Lipinski definition) is 3. The number of rotatable bonds is 10. The van der Waals surface area contributed by atoms with Crippen molar-refractivity contribution in [2.24, 2.45) is 4.99 Å². The molecule has 15 nitrogen and oxygen atoms in total. The molecule has 1 fully saturated rings. The van der Waals surface area contributed by atoms with Gasteiger partial charge in [0.15, 0.2) is 0 Å². The standard InChI is InChI=1S/C34H45N5O10/c1-33(2,3)48-30(42)36-25(19-26-22-47-31(43)39(26)32(44)49-34(4,5)6)17-18-35-27(37-28(40)45-20-23-13-9-7-10-14-23)38-29(41)46-21-24-15-11-8-12-16-24/h7-16,25-26H,17-22H2,1-6H3,(H,36,42)(H2,35,37,38,40,41)/t25-,26+/m1/s1. The third-order valence-corrected chi connectivity index (χ3v) is 6.44. The highest BCUT2D eigenvalue weighted by atomic mass is 16.6. The zero-order valence-electron chi connectivity index (χ0n) is 28.6. The highest BCUT2D eigenvalue weighted by Gasteiger charge is 2.41. The summed E-state index contributed by atoms with van der Waals surface area (Å²) in [6, 6.07) is 16.5. The van der Waals surface area contributed by atoms with Crippen molar-refractivity contribution in [3.8, 4) is 0 Å². The smallest absolute Gasteiger partial charge is 0.420 e. The summed E-state index contributed by atoms with van der Waals surface area (Å²) in [5, 5.41) is 7.59. The minimum Gasteiger partial charge on any atom is -0.447 e.